The smallest absolute Gasteiger partial charge is 0.245 e. The number of nitrogens with zero attached hydrogens (tertiary/aromatic N) is 2. The predicted octanol–water partition coefficient (Wildman–Crippen LogP) is 2.38. The van der Waals surface area contributed by atoms with Gasteiger partial charge in [0.25, 0.3) is 0 Å². The molecule has 0 aromatic heterocycles. The molecule has 1 saturated heterocycles. The van der Waals surface area contributed by atoms with E-state index in [1.54, 1.807) is 12.1 Å². The summed E-state index contributed by atoms with van der Waals surface area (Å²) in [5.74, 6) is 0.139. The largest absolute Gasteiger partial charge is 0.454 e. The Kier molecular flexibility index (Phi) is 7.01. The molecule has 184 valence electrons. The Bertz CT molecular complexity index is 1260. The van der Waals surface area contributed by atoms with Crippen molar-refractivity contribution in [3.8, 4) is 11.5 Å². The minimum atomic E-state index is -3.77. The van der Waals surface area contributed by atoms with Gasteiger partial charge in [0.05, 0.1) is 16.3 Å². The van der Waals surface area contributed by atoms with E-state index in [1.807, 2.05) is 0 Å². The molecule has 1 fully saturated rings. The number of ether oxygens (including phenoxy) is 2. The number of nitrogens with one attached hydrogen (secondary N) is 1. The number of carbonyl (C=O) groups excluding carboxylic acids is 1. The second kappa shape index (κ2) is 9.80. The molecule has 12 heteroatoms. The summed E-state index contributed by atoms with van der Waals surface area (Å²) in [6, 6.07) is 10.5. The summed E-state index contributed by atoms with van der Waals surface area (Å²) in [4.78, 5) is 12.9. The van der Waals surface area contributed by atoms with Crippen molar-refractivity contribution < 1.29 is 31.1 Å². The van der Waals surface area contributed by atoms with Gasteiger partial charge in [0, 0.05) is 24.8 Å². The highest BCUT2D eigenvalue weighted by atomic mass is 32.2. The van der Waals surface area contributed by atoms with Gasteiger partial charge in [-0.3, -0.25) is 9.10 Å². The van der Waals surface area contributed by atoms with Crippen LogP contribution in [0.3, 0.4) is 0 Å². The third-order valence-corrected chi connectivity index (χ3v) is 9.38. The van der Waals surface area contributed by atoms with E-state index in [-0.39, 0.29) is 23.1 Å². The molecule has 0 aliphatic carbocycles. The van der Waals surface area contributed by atoms with Crippen LogP contribution in [0, 0.1) is 0 Å². The van der Waals surface area contributed by atoms with Crippen molar-refractivity contribution in [2.45, 2.75) is 31.1 Å². The Morgan fingerprint density at radius 2 is 1.65 bits per heavy atom. The Balaban J connectivity index is 1.47. The van der Waals surface area contributed by atoms with Crippen molar-refractivity contribution in [1.82, 2.24) is 4.31 Å². The monoisotopic (exact) mass is 509 g/mol. The van der Waals surface area contributed by atoms with Crippen molar-refractivity contribution in [3.05, 3.63) is 42.5 Å². The lowest BCUT2D eigenvalue weighted by Gasteiger charge is -2.26. The van der Waals surface area contributed by atoms with Crippen LogP contribution in [-0.4, -0.2) is 59.2 Å². The topological polar surface area (TPSA) is 122 Å². The Morgan fingerprint density at radius 1 is 0.971 bits per heavy atom. The standard InChI is InChI=1S/C22H27N3O7S2/c1-2-33(27,28)25(18-8-11-20-21(14-18)32-16-31-20)15-22(26)23-17-6-9-19(10-7-17)34(29,30)24-12-4-3-5-13-24/h6-11,14H,2-5,12-13,15-16H2,1H3,(H,23,26). The van der Waals surface area contributed by atoms with Crippen LogP contribution in [0.4, 0.5) is 11.4 Å². The van der Waals surface area contributed by atoms with Crippen molar-refractivity contribution in [1.29, 1.82) is 0 Å². The van der Waals surface area contributed by atoms with Crippen LogP contribution in [-0.2, 0) is 24.8 Å². The van der Waals surface area contributed by atoms with Gasteiger partial charge in [-0.25, -0.2) is 16.8 Å². The number of fused-ring (bicyclic) bond motifs is 1. The quantitative estimate of drug-likeness (QED) is 0.580. The first-order valence-electron chi connectivity index (χ1n) is 11.0. The second-order valence-corrected chi connectivity index (χ2v) is 12.1. The van der Waals surface area contributed by atoms with Crippen LogP contribution in [0.2, 0.25) is 0 Å². The maximum atomic E-state index is 12.8. The molecular weight excluding hydrogens is 482 g/mol. The van der Waals surface area contributed by atoms with Crippen LogP contribution < -0.4 is 19.1 Å². The van der Waals surface area contributed by atoms with E-state index in [0.29, 0.717) is 30.3 Å². The van der Waals surface area contributed by atoms with Gasteiger partial charge in [0.2, 0.25) is 32.7 Å². The van der Waals surface area contributed by atoms with Gasteiger partial charge in [-0.15, -0.1) is 0 Å². The van der Waals surface area contributed by atoms with Crippen molar-refractivity contribution >= 4 is 37.3 Å². The number of anilines is 2. The van der Waals surface area contributed by atoms with Gasteiger partial charge in [-0.05, 0) is 56.2 Å². The highest BCUT2D eigenvalue weighted by molar-refractivity contribution is 7.92. The van der Waals surface area contributed by atoms with Gasteiger partial charge in [-0.1, -0.05) is 6.42 Å². The fourth-order valence-electron chi connectivity index (χ4n) is 3.84. The number of hydrogen-bond donors (Lipinski definition) is 1. The molecule has 34 heavy (non-hydrogen) atoms. The first kappa shape index (κ1) is 24.3. The number of piperidine rings is 1. The van der Waals surface area contributed by atoms with Crippen LogP contribution in [0.5, 0.6) is 11.5 Å². The highest BCUT2D eigenvalue weighted by Crippen LogP contribution is 2.36. The average molecular weight is 510 g/mol. The zero-order valence-corrected chi connectivity index (χ0v) is 20.4. The summed E-state index contributed by atoms with van der Waals surface area (Å²) in [7, 11) is -7.34. The van der Waals surface area contributed by atoms with Crippen LogP contribution >= 0.6 is 0 Å². The third-order valence-electron chi connectivity index (χ3n) is 5.72. The molecule has 4 rings (SSSR count). The number of hydrogen-bond acceptors (Lipinski definition) is 7. The molecule has 10 nitrogen and oxygen atoms in total. The molecule has 0 spiro atoms. The number of benzene rings is 2. The maximum absolute atomic E-state index is 12.8. The minimum Gasteiger partial charge on any atom is -0.454 e. The molecule has 0 atom stereocenters. The van der Waals surface area contributed by atoms with Crippen molar-refractivity contribution in [2.75, 3.05) is 41.8 Å². The predicted molar refractivity (Wildman–Crippen MR) is 127 cm³/mol. The minimum absolute atomic E-state index is 0.0449. The zero-order valence-electron chi connectivity index (χ0n) is 18.8. The fraction of sp³-hybridized carbons (Fsp3) is 0.409. The molecule has 0 unspecified atom stereocenters. The van der Waals surface area contributed by atoms with Crippen molar-refractivity contribution in [3.63, 3.8) is 0 Å². The molecule has 1 amide bonds. The van der Waals surface area contributed by atoms with E-state index in [4.69, 9.17) is 9.47 Å². The van der Waals surface area contributed by atoms with Crippen LogP contribution in [0.25, 0.3) is 0 Å². The maximum Gasteiger partial charge on any atom is 0.245 e. The normalized spacial score (nSPS) is 16.3. The van der Waals surface area contributed by atoms with E-state index in [2.05, 4.69) is 5.32 Å². The van der Waals surface area contributed by atoms with E-state index < -0.39 is 32.5 Å². The lowest BCUT2D eigenvalue weighted by molar-refractivity contribution is -0.114. The van der Waals surface area contributed by atoms with Crippen LogP contribution in [0.1, 0.15) is 26.2 Å². The molecular formula is C22H27N3O7S2. The average Bonchev–Trinajstić information content (AvgIpc) is 3.31. The molecule has 2 heterocycles. The summed E-state index contributed by atoms with van der Waals surface area (Å²) in [5, 5.41) is 2.64. The summed E-state index contributed by atoms with van der Waals surface area (Å²) in [6.07, 6.45) is 2.70. The van der Waals surface area contributed by atoms with Gasteiger partial charge < -0.3 is 14.8 Å². The summed E-state index contributed by atoms with van der Waals surface area (Å²) in [5.41, 5.74) is 0.645. The Morgan fingerprint density at radius 3 is 2.32 bits per heavy atom. The van der Waals surface area contributed by atoms with Crippen molar-refractivity contribution in [2.24, 2.45) is 0 Å². The molecule has 2 aliphatic rings. The fourth-order valence-corrected chi connectivity index (χ4v) is 6.42. The zero-order chi connectivity index (χ0) is 24.3. The van der Waals surface area contributed by atoms with E-state index in [9.17, 15) is 21.6 Å². The third kappa shape index (κ3) is 5.13. The first-order valence-corrected chi connectivity index (χ1v) is 14.1. The SMILES string of the molecule is CCS(=O)(=O)N(CC(=O)Nc1ccc(S(=O)(=O)N2CCCCC2)cc1)c1ccc2c(c1)OCO2. The van der Waals surface area contributed by atoms with Gasteiger partial charge in [-0.2, -0.15) is 4.31 Å². The molecule has 1 N–H and O–H groups in total. The Hall–Kier alpha value is -2.83. The highest BCUT2D eigenvalue weighted by Gasteiger charge is 2.27. The molecule has 0 bridgehead atoms. The molecule has 2 aromatic rings. The lowest BCUT2D eigenvalue weighted by atomic mass is 10.2. The second-order valence-electron chi connectivity index (χ2n) is 7.98. The first-order chi connectivity index (χ1) is 16.2. The molecule has 2 aliphatic heterocycles. The lowest BCUT2D eigenvalue weighted by Crippen LogP contribution is -2.39. The number of sulfonamides is 2. The number of amides is 1. The molecule has 0 saturated carbocycles. The summed E-state index contributed by atoms with van der Waals surface area (Å²) in [6.45, 7) is 2.09. The van der Waals surface area contributed by atoms with Gasteiger partial charge in [0.1, 0.15) is 6.54 Å². The van der Waals surface area contributed by atoms with E-state index in [1.165, 1.54) is 41.6 Å². The van der Waals surface area contributed by atoms with E-state index >= 15 is 0 Å². The Labute approximate surface area is 199 Å². The molecule has 2 aromatic carbocycles. The molecule has 0 radical (unpaired) electrons. The van der Waals surface area contributed by atoms with Crippen LogP contribution in [0.15, 0.2) is 47.4 Å². The van der Waals surface area contributed by atoms with Gasteiger partial charge >= 0.3 is 0 Å². The summed E-state index contributed by atoms with van der Waals surface area (Å²) < 4.78 is 64.1. The van der Waals surface area contributed by atoms with Gasteiger partial charge in [0.15, 0.2) is 11.5 Å². The van der Waals surface area contributed by atoms with E-state index in [0.717, 1.165) is 23.6 Å². The summed E-state index contributed by atoms with van der Waals surface area (Å²) >= 11 is 0. The number of rotatable bonds is 8. The number of carbonyl (C=O) groups is 1.